The van der Waals surface area contributed by atoms with Gasteiger partial charge in [0.1, 0.15) is 5.82 Å². The van der Waals surface area contributed by atoms with Gasteiger partial charge in [0.2, 0.25) is 5.91 Å². The van der Waals surface area contributed by atoms with Gasteiger partial charge in [0.15, 0.2) is 0 Å². The monoisotopic (exact) mass is 328 g/mol. The molecule has 0 unspecified atom stereocenters. The summed E-state index contributed by atoms with van der Waals surface area (Å²) in [6.07, 6.45) is -0.0400. The quantitative estimate of drug-likeness (QED) is 0.883. The molecule has 2 N–H and O–H groups in total. The minimum absolute atomic E-state index is 0.0400. The number of anilines is 1. The summed E-state index contributed by atoms with van der Waals surface area (Å²) >= 11 is 0. The molecule has 0 aliphatic carbocycles. The molecule has 0 spiro atoms. The lowest BCUT2D eigenvalue weighted by Gasteiger charge is -2.12. The third kappa shape index (κ3) is 4.65. The van der Waals surface area contributed by atoms with Crippen LogP contribution in [-0.2, 0) is 11.2 Å². The molecular formula is C19H21FN2O2. The summed E-state index contributed by atoms with van der Waals surface area (Å²) in [6.45, 7) is 5.59. The van der Waals surface area contributed by atoms with Gasteiger partial charge in [-0.3, -0.25) is 9.59 Å². The van der Waals surface area contributed by atoms with Gasteiger partial charge < -0.3 is 10.6 Å². The molecule has 0 atom stereocenters. The van der Waals surface area contributed by atoms with Crippen LogP contribution in [0.15, 0.2) is 42.5 Å². The SMILES string of the molecule is Cc1cc(C(=O)NC(C)C)ccc1NC(=O)Cc1ccccc1F. The number of benzene rings is 2. The Labute approximate surface area is 141 Å². The number of amides is 2. The lowest BCUT2D eigenvalue weighted by Crippen LogP contribution is -2.30. The maximum absolute atomic E-state index is 13.6. The van der Waals surface area contributed by atoms with Gasteiger partial charge in [0.05, 0.1) is 6.42 Å². The number of carbonyl (C=O) groups is 2. The topological polar surface area (TPSA) is 58.2 Å². The zero-order valence-corrected chi connectivity index (χ0v) is 14.0. The molecule has 2 aromatic rings. The highest BCUT2D eigenvalue weighted by atomic mass is 19.1. The van der Waals surface area contributed by atoms with Crippen LogP contribution in [0.4, 0.5) is 10.1 Å². The third-order valence-corrected chi connectivity index (χ3v) is 3.49. The molecule has 5 heteroatoms. The second-order valence-corrected chi connectivity index (χ2v) is 5.97. The molecule has 4 nitrogen and oxygen atoms in total. The van der Waals surface area contributed by atoms with E-state index in [1.54, 1.807) is 36.4 Å². The second kappa shape index (κ2) is 7.73. The number of hydrogen-bond donors (Lipinski definition) is 2. The van der Waals surface area contributed by atoms with E-state index in [0.717, 1.165) is 5.56 Å². The molecule has 126 valence electrons. The molecule has 0 saturated carbocycles. The van der Waals surface area contributed by atoms with Crippen molar-refractivity contribution >= 4 is 17.5 Å². The zero-order chi connectivity index (χ0) is 17.7. The van der Waals surface area contributed by atoms with Gasteiger partial charge in [-0.1, -0.05) is 18.2 Å². The highest BCUT2D eigenvalue weighted by molar-refractivity contribution is 5.97. The number of carbonyl (C=O) groups excluding carboxylic acids is 2. The van der Waals surface area contributed by atoms with Crippen molar-refractivity contribution < 1.29 is 14.0 Å². The first-order valence-corrected chi connectivity index (χ1v) is 7.81. The first kappa shape index (κ1) is 17.7. The Morgan fingerprint density at radius 3 is 2.46 bits per heavy atom. The van der Waals surface area contributed by atoms with Crippen LogP contribution in [0, 0.1) is 12.7 Å². The van der Waals surface area contributed by atoms with E-state index in [9.17, 15) is 14.0 Å². The van der Waals surface area contributed by atoms with Crippen molar-refractivity contribution in [3.05, 3.63) is 65.0 Å². The van der Waals surface area contributed by atoms with Crippen molar-refractivity contribution in [2.75, 3.05) is 5.32 Å². The molecule has 0 radical (unpaired) electrons. The first-order chi connectivity index (χ1) is 11.4. The highest BCUT2D eigenvalue weighted by Gasteiger charge is 2.12. The first-order valence-electron chi connectivity index (χ1n) is 7.81. The van der Waals surface area contributed by atoms with Gasteiger partial charge in [-0.2, -0.15) is 0 Å². The minimum atomic E-state index is -0.398. The molecule has 2 rings (SSSR count). The smallest absolute Gasteiger partial charge is 0.251 e. The third-order valence-electron chi connectivity index (χ3n) is 3.49. The standard InChI is InChI=1S/C19H21FN2O2/c1-12(2)21-19(24)15-8-9-17(13(3)10-15)22-18(23)11-14-6-4-5-7-16(14)20/h4-10,12H,11H2,1-3H3,(H,21,24)(H,22,23). The summed E-state index contributed by atoms with van der Waals surface area (Å²) in [5.41, 5.74) is 2.26. The van der Waals surface area contributed by atoms with Gasteiger partial charge in [-0.05, 0) is 56.2 Å². The van der Waals surface area contributed by atoms with E-state index in [1.165, 1.54) is 6.07 Å². The van der Waals surface area contributed by atoms with Crippen molar-refractivity contribution in [1.82, 2.24) is 5.32 Å². The molecule has 0 saturated heterocycles. The van der Waals surface area contributed by atoms with E-state index in [4.69, 9.17) is 0 Å². The van der Waals surface area contributed by atoms with Crippen LogP contribution < -0.4 is 10.6 Å². The molecule has 0 aromatic heterocycles. The fraction of sp³-hybridized carbons (Fsp3) is 0.263. The van der Waals surface area contributed by atoms with Crippen molar-refractivity contribution in [2.45, 2.75) is 33.2 Å². The van der Waals surface area contributed by atoms with Gasteiger partial charge in [0.25, 0.3) is 5.91 Å². The average molecular weight is 328 g/mol. The van der Waals surface area contributed by atoms with Crippen molar-refractivity contribution in [3.63, 3.8) is 0 Å². The Kier molecular flexibility index (Phi) is 5.68. The highest BCUT2D eigenvalue weighted by Crippen LogP contribution is 2.17. The maximum Gasteiger partial charge on any atom is 0.251 e. The van der Waals surface area contributed by atoms with Crippen molar-refractivity contribution in [3.8, 4) is 0 Å². The van der Waals surface area contributed by atoms with Crippen LogP contribution in [0.3, 0.4) is 0 Å². The van der Waals surface area contributed by atoms with Crippen molar-refractivity contribution in [1.29, 1.82) is 0 Å². The number of rotatable bonds is 5. The molecule has 2 aromatic carbocycles. The Morgan fingerprint density at radius 2 is 1.83 bits per heavy atom. The predicted octanol–water partition coefficient (Wildman–Crippen LogP) is 3.45. The Hall–Kier alpha value is -2.69. The lowest BCUT2D eigenvalue weighted by atomic mass is 10.1. The van der Waals surface area contributed by atoms with E-state index >= 15 is 0 Å². The Balaban J connectivity index is 2.06. The number of nitrogens with one attached hydrogen (secondary N) is 2. The second-order valence-electron chi connectivity index (χ2n) is 5.97. The predicted molar refractivity (Wildman–Crippen MR) is 92.5 cm³/mol. The van der Waals surface area contributed by atoms with E-state index < -0.39 is 5.82 Å². The molecule has 0 aliphatic rings. The summed E-state index contributed by atoms with van der Waals surface area (Å²) < 4.78 is 13.6. The summed E-state index contributed by atoms with van der Waals surface area (Å²) in [7, 11) is 0. The number of hydrogen-bond acceptors (Lipinski definition) is 2. The zero-order valence-electron chi connectivity index (χ0n) is 14.0. The van der Waals surface area contributed by atoms with E-state index in [2.05, 4.69) is 10.6 Å². The summed E-state index contributed by atoms with van der Waals surface area (Å²) in [4.78, 5) is 24.1. The van der Waals surface area contributed by atoms with Crippen LogP contribution in [0.25, 0.3) is 0 Å². The fourth-order valence-corrected chi connectivity index (χ4v) is 2.30. The van der Waals surface area contributed by atoms with E-state index in [1.807, 2.05) is 20.8 Å². The molecule has 0 fully saturated rings. The van der Waals surface area contributed by atoms with Crippen LogP contribution in [-0.4, -0.2) is 17.9 Å². The number of aryl methyl sites for hydroxylation is 1. The molecular weight excluding hydrogens is 307 g/mol. The summed E-state index contributed by atoms with van der Waals surface area (Å²) in [5.74, 6) is -0.856. The minimum Gasteiger partial charge on any atom is -0.350 e. The molecule has 24 heavy (non-hydrogen) atoms. The van der Waals surface area contributed by atoms with Crippen LogP contribution in [0.5, 0.6) is 0 Å². The maximum atomic E-state index is 13.6. The lowest BCUT2D eigenvalue weighted by molar-refractivity contribution is -0.115. The largest absolute Gasteiger partial charge is 0.350 e. The van der Waals surface area contributed by atoms with Gasteiger partial charge in [-0.25, -0.2) is 4.39 Å². The van der Waals surface area contributed by atoms with Crippen molar-refractivity contribution in [2.24, 2.45) is 0 Å². The molecule has 0 heterocycles. The van der Waals surface area contributed by atoms with Crippen LogP contribution >= 0.6 is 0 Å². The molecule has 0 bridgehead atoms. The molecule has 0 aliphatic heterocycles. The van der Waals surface area contributed by atoms with Crippen LogP contribution in [0.2, 0.25) is 0 Å². The normalized spacial score (nSPS) is 10.5. The Bertz CT molecular complexity index is 757. The summed E-state index contributed by atoms with van der Waals surface area (Å²) in [6, 6.07) is 11.3. The Morgan fingerprint density at radius 1 is 1.12 bits per heavy atom. The molecule has 2 amide bonds. The van der Waals surface area contributed by atoms with E-state index in [0.29, 0.717) is 16.8 Å². The van der Waals surface area contributed by atoms with E-state index in [-0.39, 0.29) is 24.3 Å². The van der Waals surface area contributed by atoms with Gasteiger partial charge in [0, 0.05) is 17.3 Å². The number of halogens is 1. The summed E-state index contributed by atoms with van der Waals surface area (Å²) in [5, 5.41) is 5.57. The fourth-order valence-electron chi connectivity index (χ4n) is 2.30. The van der Waals surface area contributed by atoms with Gasteiger partial charge >= 0.3 is 0 Å². The van der Waals surface area contributed by atoms with Crippen LogP contribution in [0.1, 0.15) is 35.3 Å². The van der Waals surface area contributed by atoms with Gasteiger partial charge in [-0.15, -0.1) is 0 Å². The average Bonchev–Trinajstić information content (AvgIpc) is 2.51.